The molecule has 0 amide bonds. The largest absolute Gasteiger partial charge is 0.384 e. The third kappa shape index (κ3) is 2.72. The molecule has 0 saturated heterocycles. The van der Waals surface area contributed by atoms with Gasteiger partial charge in [0.2, 0.25) is 0 Å². The molecule has 0 saturated carbocycles. The summed E-state index contributed by atoms with van der Waals surface area (Å²) in [4.78, 5) is 0. The first kappa shape index (κ1) is 13.6. The van der Waals surface area contributed by atoms with E-state index in [4.69, 9.17) is 11.6 Å². The van der Waals surface area contributed by atoms with Gasteiger partial charge in [0.15, 0.2) is 0 Å². The van der Waals surface area contributed by atoms with E-state index in [0.29, 0.717) is 0 Å². The van der Waals surface area contributed by atoms with Gasteiger partial charge in [-0.15, -0.1) is 0 Å². The Bertz CT molecular complexity index is 627. The highest BCUT2D eigenvalue weighted by Crippen LogP contribution is 2.20. The molecule has 0 aliphatic carbocycles. The smallest absolute Gasteiger partial charge is 0.333 e. The zero-order valence-electron chi connectivity index (χ0n) is 11.3. The van der Waals surface area contributed by atoms with Gasteiger partial charge >= 0.3 is 11.4 Å². The van der Waals surface area contributed by atoms with Crippen molar-refractivity contribution in [2.45, 2.75) is 19.3 Å². The van der Waals surface area contributed by atoms with Crippen LogP contribution in [0.2, 0.25) is 5.02 Å². The average molecular weight is 290 g/mol. The van der Waals surface area contributed by atoms with E-state index in [1.54, 1.807) is 0 Å². The van der Waals surface area contributed by atoms with Crippen molar-refractivity contribution in [1.82, 2.24) is 9.98 Å². The number of aryl methyl sites for hydroxylation is 1. The van der Waals surface area contributed by atoms with E-state index in [-0.39, 0.29) is 6.61 Å². The van der Waals surface area contributed by atoms with Gasteiger partial charge < -0.3 is 10.4 Å². The lowest BCUT2D eigenvalue weighted by Gasteiger charge is -2.12. The van der Waals surface area contributed by atoms with E-state index in [9.17, 15) is 5.11 Å². The summed E-state index contributed by atoms with van der Waals surface area (Å²) in [6, 6.07) is 7.96. The molecule has 0 atom stereocenters. The Morgan fingerprint density at radius 3 is 2.90 bits per heavy atom. The summed E-state index contributed by atoms with van der Waals surface area (Å²) in [6.45, 7) is 1.88. The normalized spacial score (nSPS) is 17.9. The van der Waals surface area contributed by atoms with Crippen molar-refractivity contribution >= 4 is 23.0 Å². The molecule has 0 bridgehead atoms. The van der Waals surface area contributed by atoms with E-state index >= 15 is 0 Å². The molecule has 20 heavy (non-hydrogen) atoms. The van der Waals surface area contributed by atoms with Crippen molar-refractivity contribution in [1.29, 1.82) is 0 Å². The van der Waals surface area contributed by atoms with Crippen molar-refractivity contribution in [3.8, 4) is 0 Å². The van der Waals surface area contributed by atoms with E-state index in [1.807, 2.05) is 18.2 Å². The quantitative estimate of drug-likeness (QED) is 0.826. The van der Waals surface area contributed by atoms with Crippen molar-refractivity contribution in [2.75, 3.05) is 19.7 Å². The third-order valence-corrected chi connectivity index (χ3v) is 4.11. The van der Waals surface area contributed by atoms with E-state index in [1.165, 1.54) is 16.7 Å². The fourth-order valence-corrected chi connectivity index (χ4v) is 3.08. The van der Waals surface area contributed by atoms with Gasteiger partial charge in [0.05, 0.1) is 17.6 Å². The van der Waals surface area contributed by atoms with Crippen LogP contribution in [-0.2, 0) is 6.42 Å². The number of halogens is 1. The fourth-order valence-electron chi connectivity index (χ4n) is 2.87. The lowest BCUT2D eigenvalue weighted by molar-refractivity contribution is 0.357. The summed E-state index contributed by atoms with van der Waals surface area (Å²) in [5.74, 6) is 0. The first-order chi connectivity index (χ1) is 9.78. The lowest BCUT2D eigenvalue weighted by atomic mass is 9.94. The van der Waals surface area contributed by atoms with Crippen molar-refractivity contribution in [3.05, 3.63) is 46.0 Å². The number of aliphatic hydroxyl groups is 1. The Hall–Kier alpha value is -1.38. The highest BCUT2D eigenvalue weighted by molar-refractivity contribution is 6.30. The summed E-state index contributed by atoms with van der Waals surface area (Å²) in [5, 5.41) is 13.6. The molecule has 4 heteroatoms. The third-order valence-electron chi connectivity index (χ3n) is 3.87. The minimum absolute atomic E-state index is 0.0412. The first-order valence-electron chi connectivity index (χ1n) is 7.00. The van der Waals surface area contributed by atoms with Crippen LogP contribution in [0.15, 0.2) is 35.4 Å². The van der Waals surface area contributed by atoms with Crippen LogP contribution in [0.5, 0.6) is 0 Å². The Kier molecular flexibility index (Phi) is 4.04. The van der Waals surface area contributed by atoms with Gasteiger partial charge in [-0.2, -0.15) is 0 Å². The predicted molar refractivity (Wildman–Crippen MR) is 83.5 cm³/mol. The van der Waals surface area contributed by atoms with Crippen LogP contribution in [0.4, 0.5) is 0 Å². The lowest BCUT2D eigenvalue weighted by Crippen LogP contribution is -2.29. The molecule has 0 fully saturated rings. The second-order valence-electron chi connectivity index (χ2n) is 5.18. The summed E-state index contributed by atoms with van der Waals surface area (Å²) >= 11 is 6.01. The van der Waals surface area contributed by atoms with Gasteiger partial charge in [-0.1, -0.05) is 28.4 Å². The van der Waals surface area contributed by atoms with Crippen LogP contribution in [0, 0.1) is 0 Å². The molecule has 3 nitrogen and oxygen atoms in total. The SMILES string of the molecule is OCC1=[N+]=C(CCc2cccc(Cl)c2)C2=C1CCNC2. The standard InChI is InChI=1S/C16H18ClN2O/c17-12-3-1-2-11(8-12)4-5-15-14-9-18-7-6-13(14)16(10-20)19-15/h1-3,8,18,20H,4-7,9-10H2/q+1. The number of hydrogen-bond acceptors (Lipinski definition) is 2. The van der Waals surface area contributed by atoms with Gasteiger partial charge in [-0.3, -0.25) is 0 Å². The van der Waals surface area contributed by atoms with Crippen LogP contribution in [0.3, 0.4) is 0 Å². The second-order valence-corrected chi connectivity index (χ2v) is 5.61. The van der Waals surface area contributed by atoms with Crippen LogP contribution < -0.4 is 9.98 Å². The molecule has 104 valence electrons. The van der Waals surface area contributed by atoms with Gasteiger partial charge in [0.1, 0.15) is 6.61 Å². The zero-order chi connectivity index (χ0) is 13.9. The minimum atomic E-state index is 0.0412. The zero-order valence-corrected chi connectivity index (χ0v) is 12.1. The van der Waals surface area contributed by atoms with E-state index in [0.717, 1.165) is 48.8 Å². The molecule has 0 aromatic heterocycles. The number of nitrogens with zero attached hydrogens (tertiary/aromatic N) is 1. The molecule has 2 aliphatic rings. The molecule has 2 N–H and O–H groups in total. The first-order valence-corrected chi connectivity index (χ1v) is 7.38. The molecular weight excluding hydrogens is 272 g/mol. The van der Waals surface area contributed by atoms with Crippen molar-refractivity contribution in [2.24, 2.45) is 0 Å². The molecule has 0 spiro atoms. The molecule has 2 aliphatic heterocycles. The summed E-state index contributed by atoms with van der Waals surface area (Å²) in [6.07, 6.45) is 2.79. The fraction of sp³-hybridized carbons (Fsp3) is 0.375. The maximum Gasteiger partial charge on any atom is 0.333 e. The number of aliphatic hydroxyl groups excluding tert-OH is 1. The Balaban J connectivity index is 1.77. The van der Waals surface area contributed by atoms with Gasteiger partial charge in [0.25, 0.3) is 0 Å². The van der Waals surface area contributed by atoms with Crippen molar-refractivity contribution < 1.29 is 5.11 Å². The maximum atomic E-state index is 9.43. The van der Waals surface area contributed by atoms with Crippen LogP contribution in [-0.4, -0.2) is 36.2 Å². The molecule has 0 unspecified atom stereocenters. The monoisotopic (exact) mass is 289 g/mol. The summed E-state index contributed by atoms with van der Waals surface area (Å²) in [5.41, 5.74) is 5.76. The van der Waals surface area contributed by atoms with Gasteiger partial charge in [0, 0.05) is 11.6 Å². The predicted octanol–water partition coefficient (Wildman–Crippen LogP) is 1.52. The second kappa shape index (κ2) is 5.94. The van der Waals surface area contributed by atoms with Crippen LogP contribution >= 0.6 is 11.6 Å². The maximum absolute atomic E-state index is 9.43. The van der Waals surface area contributed by atoms with E-state index < -0.39 is 0 Å². The van der Waals surface area contributed by atoms with Gasteiger partial charge in [-0.25, -0.2) is 0 Å². The molecular formula is C16H18ClN2O+. The molecule has 1 aromatic carbocycles. The number of benzene rings is 1. The Morgan fingerprint density at radius 2 is 2.10 bits per heavy atom. The highest BCUT2D eigenvalue weighted by atomic mass is 35.5. The molecule has 3 rings (SSSR count). The molecule has 1 aromatic rings. The molecule has 2 heterocycles. The molecule has 0 radical (unpaired) electrons. The topological polar surface area (TPSA) is 46.4 Å². The van der Waals surface area contributed by atoms with Gasteiger partial charge in [-0.05, 0) is 37.1 Å². The minimum Gasteiger partial charge on any atom is -0.384 e. The Morgan fingerprint density at radius 1 is 1.20 bits per heavy atom. The highest BCUT2D eigenvalue weighted by Gasteiger charge is 2.34. The van der Waals surface area contributed by atoms with Crippen molar-refractivity contribution in [3.63, 3.8) is 0 Å². The number of rotatable bonds is 4. The Labute approximate surface area is 123 Å². The van der Waals surface area contributed by atoms with Crippen LogP contribution in [0.25, 0.3) is 0 Å². The number of hydrogen-bond donors (Lipinski definition) is 2. The summed E-state index contributed by atoms with van der Waals surface area (Å²) in [7, 11) is 0. The summed E-state index contributed by atoms with van der Waals surface area (Å²) < 4.78 is 4.62. The van der Waals surface area contributed by atoms with E-state index in [2.05, 4.69) is 16.1 Å². The average Bonchev–Trinajstić information content (AvgIpc) is 2.83. The number of nitrogens with one attached hydrogen (secondary N) is 1. The van der Waals surface area contributed by atoms with Crippen LogP contribution in [0.1, 0.15) is 18.4 Å².